The summed E-state index contributed by atoms with van der Waals surface area (Å²) in [5, 5.41) is 9.48. The molecule has 1 aliphatic heterocycles. The smallest absolute Gasteiger partial charge is 0.249 e. The van der Waals surface area contributed by atoms with Gasteiger partial charge in [-0.15, -0.1) is 5.10 Å². The Bertz CT molecular complexity index is 932. The molecule has 0 radical (unpaired) electrons. The second-order valence-electron chi connectivity index (χ2n) is 5.75. The molecule has 0 fully saturated rings. The monoisotopic (exact) mass is 332 g/mol. The Morgan fingerprint density at radius 3 is 2.88 bits per heavy atom. The molecule has 3 aromatic rings. The number of carbonyl (C=O) groups is 1. The van der Waals surface area contributed by atoms with Gasteiger partial charge in [0.05, 0.1) is 5.69 Å². The minimum Gasteiger partial charge on any atom is -0.293 e. The molecule has 0 saturated carbocycles. The summed E-state index contributed by atoms with van der Waals surface area (Å²) in [6.07, 6.45) is 3.46. The summed E-state index contributed by atoms with van der Waals surface area (Å²) < 4.78 is 0. The normalized spacial score (nSPS) is 12.6. The minimum absolute atomic E-state index is 0.134. The Morgan fingerprint density at radius 2 is 2.04 bits per heavy atom. The van der Waals surface area contributed by atoms with E-state index in [1.165, 1.54) is 5.56 Å². The van der Waals surface area contributed by atoms with Gasteiger partial charge in [-0.1, -0.05) is 24.3 Å². The quantitative estimate of drug-likeness (QED) is 0.751. The first-order valence-electron chi connectivity index (χ1n) is 8.06. The van der Waals surface area contributed by atoms with E-state index >= 15 is 0 Å². The summed E-state index contributed by atoms with van der Waals surface area (Å²) in [4.78, 5) is 25.1. The number of carbonyl (C=O) groups excluding carboxylic acids is 1. The molecule has 0 saturated heterocycles. The van der Waals surface area contributed by atoms with Crippen molar-refractivity contribution in [2.45, 2.75) is 19.3 Å². The van der Waals surface area contributed by atoms with Crippen molar-refractivity contribution in [2.24, 2.45) is 4.99 Å². The van der Waals surface area contributed by atoms with Crippen LogP contribution in [0.1, 0.15) is 18.4 Å². The summed E-state index contributed by atoms with van der Waals surface area (Å²) in [7, 11) is 0. The molecule has 3 heterocycles. The number of aliphatic imine (C=N–C) groups is 1. The number of pyridine rings is 1. The summed E-state index contributed by atoms with van der Waals surface area (Å²) in [5.41, 5.74) is 3.92. The van der Waals surface area contributed by atoms with Gasteiger partial charge < -0.3 is 0 Å². The summed E-state index contributed by atoms with van der Waals surface area (Å²) in [6, 6.07) is 13.6. The van der Waals surface area contributed by atoms with Crippen molar-refractivity contribution in [3.05, 3.63) is 54.2 Å². The van der Waals surface area contributed by atoms with Crippen LogP contribution in [-0.2, 0) is 11.2 Å². The second kappa shape index (κ2) is 6.64. The molecule has 4 rings (SSSR count). The SMILES string of the molecule is O=C(CCC1=Nc2ccccc2C1)Nc1n[nH]c(-c2ccccn2)n1. The van der Waals surface area contributed by atoms with Gasteiger partial charge in [-0.05, 0) is 30.2 Å². The van der Waals surface area contributed by atoms with E-state index in [1.807, 2.05) is 36.4 Å². The number of rotatable bonds is 5. The number of anilines is 1. The minimum atomic E-state index is -0.134. The van der Waals surface area contributed by atoms with Gasteiger partial charge in [0.25, 0.3) is 0 Å². The number of amides is 1. The number of nitrogens with zero attached hydrogens (tertiary/aromatic N) is 4. The number of H-pyrrole nitrogens is 1. The fourth-order valence-corrected chi connectivity index (χ4v) is 2.72. The third-order valence-corrected chi connectivity index (χ3v) is 3.95. The van der Waals surface area contributed by atoms with Gasteiger partial charge >= 0.3 is 0 Å². The molecular weight excluding hydrogens is 316 g/mol. The highest BCUT2D eigenvalue weighted by molar-refractivity contribution is 5.98. The number of nitrogens with one attached hydrogen (secondary N) is 2. The van der Waals surface area contributed by atoms with Crippen LogP contribution in [0.5, 0.6) is 0 Å². The molecule has 2 aromatic heterocycles. The Labute approximate surface area is 144 Å². The predicted octanol–water partition coefficient (Wildman–Crippen LogP) is 2.91. The molecule has 2 N–H and O–H groups in total. The van der Waals surface area contributed by atoms with Crippen LogP contribution in [0.3, 0.4) is 0 Å². The van der Waals surface area contributed by atoms with Crippen LogP contribution in [-0.4, -0.2) is 31.8 Å². The number of hydrogen-bond acceptors (Lipinski definition) is 5. The Balaban J connectivity index is 1.32. The van der Waals surface area contributed by atoms with E-state index in [0.29, 0.717) is 24.4 Å². The zero-order valence-electron chi connectivity index (χ0n) is 13.4. The van der Waals surface area contributed by atoms with Crippen molar-refractivity contribution in [3.8, 4) is 11.5 Å². The molecule has 7 heteroatoms. The number of hydrogen-bond donors (Lipinski definition) is 2. The van der Waals surface area contributed by atoms with Crippen molar-refractivity contribution in [2.75, 3.05) is 5.32 Å². The van der Waals surface area contributed by atoms with E-state index in [1.54, 1.807) is 6.20 Å². The number of aromatic amines is 1. The molecule has 0 atom stereocenters. The Hall–Kier alpha value is -3.35. The van der Waals surface area contributed by atoms with Gasteiger partial charge in [0.1, 0.15) is 5.69 Å². The maximum atomic E-state index is 12.1. The number of fused-ring (bicyclic) bond motifs is 1. The lowest BCUT2D eigenvalue weighted by atomic mass is 10.1. The average molecular weight is 332 g/mol. The van der Waals surface area contributed by atoms with E-state index in [-0.39, 0.29) is 11.9 Å². The topological polar surface area (TPSA) is 95.9 Å². The van der Waals surface area contributed by atoms with E-state index in [4.69, 9.17) is 0 Å². The van der Waals surface area contributed by atoms with Gasteiger partial charge in [0, 0.05) is 24.8 Å². The van der Waals surface area contributed by atoms with E-state index in [9.17, 15) is 4.79 Å². The predicted molar refractivity (Wildman–Crippen MR) is 94.7 cm³/mol. The van der Waals surface area contributed by atoms with Crippen LogP contribution in [0.25, 0.3) is 11.5 Å². The molecule has 0 unspecified atom stereocenters. The molecule has 25 heavy (non-hydrogen) atoms. The molecular formula is C18H16N6O. The molecule has 1 amide bonds. The lowest BCUT2D eigenvalue weighted by Gasteiger charge is -2.01. The zero-order valence-corrected chi connectivity index (χ0v) is 13.4. The van der Waals surface area contributed by atoms with Crippen molar-refractivity contribution in [1.29, 1.82) is 0 Å². The van der Waals surface area contributed by atoms with E-state index < -0.39 is 0 Å². The van der Waals surface area contributed by atoms with Crippen LogP contribution >= 0.6 is 0 Å². The highest BCUT2D eigenvalue weighted by Crippen LogP contribution is 2.27. The summed E-state index contributed by atoms with van der Waals surface area (Å²) in [6.45, 7) is 0. The second-order valence-corrected chi connectivity index (χ2v) is 5.75. The standard InChI is InChI=1S/C18H16N6O/c25-16(9-8-13-11-12-5-1-2-6-14(12)20-13)21-18-22-17(23-24-18)15-7-3-4-10-19-15/h1-7,10H,8-9,11H2,(H2,21,22,23,24,25). The largest absolute Gasteiger partial charge is 0.293 e. The van der Waals surface area contributed by atoms with Gasteiger partial charge in [0.15, 0.2) is 5.82 Å². The number of benzene rings is 1. The average Bonchev–Trinajstić information content (AvgIpc) is 3.27. The van der Waals surface area contributed by atoms with Gasteiger partial charge in [0.2, 0.25) is 11.9 Å². The van der Waals surface area contributed by atoms with E-state index in [2.05, 4.69) is 36.5 Å². The highest BCUT2D eigenvalue weighted by Gasteiger charge is 2.15. The van der Waals surface area contributed by atoms with Crippen molar-refractivity contribution in [3.63, 3.8) is 0 Å². The molecule has 0 spiro atoms. The van der Waals surface area contributed by atoms with Crippen LogP contribution in [0.15, 0.2) is 53.7 Å². The third kappa shape index (κ3) is 3.45. The molecule has 0 aliphatic carbocycles. The lowest BCUT2D eigenvalue weighted by Crippen LogP contribution is -2.14. The molecule has 124 valence electrons. The first kappa shape index (κ1) is 15.2. The van der Waals surface area contributed by atoms with Gasteiger partial charge in [-0.3, -0.25) is 25.2 Å². The van der Waals surface area contributed by atoms with Gasteiger partial charge in [-0.25, -0.2) is 0 Å². The van der Waals surface area contributed by atoms with Crippen molar-refractivity contribution in [1.82, 2.24) is 20.2 Å². The first-order valence-corrected chi connectivity index (χ1v) is 8.06. The zero-order chi connectivity index (χ0) is 17.1. The Morgan fingerprint density at radius 1 is 1.16 bits per heavy atom. The number of para-hydroxylation sites is 1. The van der Waals surface area contributed by atoms with Crippen LogP contribution in [0.4, 0.5) is 11.6 Å². The van der Waals surface area contributed by atoms with Crippen LogP contribution in [0.2, 0.25) is 0 Å². The van der Waals surface area contributed by atoms with Crippen LogP contribution < -0.4 is 5.32 Å². The summed E-state index contributed by atoms with van der Waals surface area (Å²) in [5.74, 6) is 0.638. The maximum absolute atomic E-state index is 12.1. The first-order chi connectivity index (χ1) is 12.3. The van der Waals surface area contributed by atoms with Crippen molar-refractivity contribution < 1.29 is 4.79 Å². The molecule has 7 nitrogen and oxygen atoms in total. The summed E-state index contributed by atoms with van der Waals surface area (Å²) >= 11 is 0. The highest BCUT2D eigenvalue weighted by atomic mass is 16.1. The number of aromatic nitrogens is 4. The Kier molecular flexibility index (Phi) is 4.04. The third-order valence-electron chi connectivity index (χ3n) is 3.95. The molecule has 0 bridgehead atoms. The van der Waals surface area contributed by atoms with Crippen LogP contribution in [0, 0.1) is 0 Å². The van der Waals surface area contributed by atoms with Crippen molar-refractivity contribution >= 4 is 23.3 Å². The van der Waals surface area contributed by atoms with Gasteiger partial charge in [-0.2, -0.15) is 4.98 Å². The maximum Gasteiger partial charge on any atom is 0.249 e. The fourth-order valence-electron chi connectivity index (χ4n) is 2.72. The lowest BCUT2D eigenvalue weighted by molar-refractivity contribution is -0.116. The molecule has 1 aromatic carbocycles. The fraction of sp³-hybridized carbons (Fsp3) is 0.167. The molecule has 1 aliphatic rings. The van der Waals surface area contributed by atoms with E-state index in [0.717, 1.165) is 17.8 Å².